The van der Waals surface area contributed by atoms with Gasteiger partial charge in [0.25, 0.3) is 0 Å². The Labute approximate surface area is 140 Å². The number of nitrogen functional groups attached to an aromatic ring is 1. The number of amides is 2. The number of nitrogens with zero attached hydrogens (tertiary/aromatic N) is 2. The third-order valence-electron chi connectivity index (χ3n) is 3.92. The molecule has 2 rings (SSSR count). The lowest BCUT2D eigenvalue weighted by Crippen LogP contribution is -2.58. The van der Waals surface area contributed by atoms with E-state index in [1.165, 1.54) is 11.3 Å². The third-order valence-corrected chi connectivity index (χ3v) is 4.64. The Morgan fingerprint density at radius 2 is 2.39 bits per heavy atom. The quantitative estimate of drug-likeness (QED) is 0.623. The van der Waals surface area contributed by atoms with Gasteiger partial charge in [-0.25, -0.2) is 4.98 Å². The Balaban J connectivity index is 1.73. The lowest BCUT2D eigenvalue weighted by Gasteiger charge is -2.37. The van der Waals surface area contributed by atoms with E-state index >= 15 is 0 Å². The lowest BCUT2D eigenvalue weighted by molar-refractivity contribution is -0.134. The van der Waals surface area contributed by atoms with E-state index in [2.05, 4.69) is 20.5 Å². The molecule has 0 spiro atoms. The highest BCUT2D eigenvalue weighted by molar-refractivity contribution is 7.13. The first-order chi connectivity index (χ1) is 11.0. The molecule has 1 saturated heterocycles. The molecule has 1 atom stereocenters. The fourth-order valence-electron chi connectivity index (χ4n) is 2.74. The minimum atomic E-state index is -0.373. The highest BCUT2D eigenvalue weighted by Gasteiger charge is 2.32. The van der Waals surface area contributed by atoms with Crippen molar-refractivity contribution in [1.82, 2.24) is 20.5 Å². The van der Waals surface area contributed by atoms with Gasteiger partial charge < -0.3 is 16.4 Å². The number of nitrogens with two attached hydrogens (primary N) is 1. The Morgan fingerprint density at radius 1 is 1.61 bits per heavy atom. The van der Waals surface area contributed by atoms with E-state index in [1.54, 1.807) is 0 Å². The van der Waals surface area contributed by atoms with E-state index in [-0.39, 0.29) is 30.3 Å². The summed E-state index contributed by atoms with van der Waals surface area (Å²) < 4.78 is 0. The average Bonchev–Trinajstić information content (AvgIpc) is 2.91. The number of carbonyl (C=O) groups is 2. The molecule has 1 aromatic rings. The van der Waals surface area contributed by atoms with E-state index in [0.717, 1.165) is 25.1 Å². The van der Waals surface area contributed by atoms with Crippen LogP contribution >= 0.6 is 11.3 Å². The van der Waals surface area contributed by atoms with Gasteiger partial charge in [-0.05, 0) is 26.7 Å². The van der Waals surface area contributed by atoms with Crippen molar-refractivity contribution in [2.24, 2.45) is 0 Å². The van der Waals surface area contributed by atoms with Crippen LogP contribution in [0.1, 0.15) is 32.4 Å². The van der Waals surface area contributed by atoms with Crippen molar-refractivity contribution in [3.8, 4) is 0 Å². The second-order valence-corrected chi connectivity index (χ2v) is 6.86. The molecular formula is C15H25N5O2S. The number of hydrogen-bond acceptors (Lipinski definition) is 6. The molecule has 4 N–H and O–H groups in total. The smallest absolute Gasteiger partial charge is 0.237 e. The van der Waals surface area contributed by atoms with Gasteiger partial charge in [-0.2, -0.15) is 0 Å². The summed E-state index contributed by atoms with van der Waals surface area (Å²) in [6.07, 6.45) is 1.79. The Kier molecular flexibility index (Phi) is 6.35. The summed E-state index contributed by atoms with van der Waals surface area (Å²) in [4.78, 5) is 30.4. The monoisotopic (exact) mass is 339 g/mol. The summed E-state index contributed by atoms with van der Waals surface area (Å²) in [6, 6.07) is -0.129. The zero-order valence-electron chi connectivity index (χ0n) is 13.7. The Morgan fingerprint density at radius 3 is 3.04 bits per heavy atom. The SMILES string of the molecule is CC(C)N1CCNC(=O)C1CC(=O)NCCCc1csc(N)n1. The Hall–Kier alpha value is -1.67. The first-order valence-electron chi connectivity index (χ1n) is 7.97. The van der Waals surface area contributed by atoms with Crippen LogP contribution in [0, 0.1) is 0 Å². The van der Waals surface area contributed by atoms with Crippen molar-refractivity contribution in [3.63, 3.8) is 0 Å². The summed E-state index contributed by atoms with van der Waals surface area (Å²) in [7, 11) is 0. The molecule has 1 unspecified atom stereocenters. The minimum absolute atomic E-state index is 0.0574. The fourth-order valence-corrected chi connectivity index (χ4v) is 3.34. The summed E-state index contributed by atoms with van der Waals surface area (Å²) in [5.74, 6) is -0.145. The highest BCUT2D eigenvalue weighted by atomic mass is 32.1. The summed E-state index contributed by atoms with van der Waals surface area (Å²) in [6.45, 7) is 6.09. The number of nitrogens with one attached hydrogen (secondary N) is 2. The van der Waals surface area contributed by atoms with Gasteiger partial charge in [0.1, 0.15) is 0 Å². The number of aromatic nitrogens is 1. The molecule has 1 aliphatic rings. The van der Waals surface area contributed by atoms with Gasteiger partial charge >= 0.3 is 0 Å². The van der Waals surface area contributed by atoms with Gasteiger partial charge in [0.15, 0.2) is 5.13 Å². The van der Waals surface area contributed by atoms with Crippen molar-refractivity contribution in [3.05, 3.63) is 11.1 Å². The van der Waals surface area contributed by atoms with E-state index < -0.39 is 0 Å². The van der Waals surface area contributed by atoms with Crippen LogP contribution in [-0.2, 0) is 16.0 Å². The van der Waals surface area contributed by atoms with Crippen molar-refractivity contribution in [2.75, 3.05) is 25.4 Å². The van der Waals surface area contributed by atoms with E-state index in [0.29, 0.717) is 18.2 Å². The topological polar surface area (TPSA) is 100 Å². The van der Waals surface area contributed by atoms with Crippen LogP contribution in [0.4, 0.5) is 5.13 Å². The van der Waals surface area contributed by atoms with Crippen molar-refractivity contribution < 1.29 is 9.59 Å². The molecule has 23 heavy (non-hydrogen) atoms. The summed E-state index contributed by atoms with van der Waals surface area (Å²) in [5.41, 5.74) is 6.54. The second-order valence-electron chi connectivity index (χ2n) is 5.97. The van der Waals surface area contributed by atoms with Gasteiger partial charge in [-0.1, -0.05) is 0 Å². The molecule has 128 valence electrons. The van der Waals surface area contributed by atoms with Gasteiger partial charge in [0.2, 0.25) is 11.8 Å². The normalized spacial score (nSPS) is 18.9. The molecule has 0 aromatic carbocycles. The molecule has 1 aromatic heterocycles. The van der Waals surface area contributed by atoms with Crippen LogP contribution in [0.2, 0.25) is 0 Å². The predicted octanol–water partition coefficient (Wildman–Crippen LogP) is 0.373. The molecule has 1 aliphatic heterocycles. The highest BCUT2D eigenvalue weighted by Crippen LogP contribution is 2.13. The maximum absolute atomic E-state index is 12.1. The molecular weight excluding hydrogens is 314 g/mol. The zero-order chi connectivity index (χ0) is 16.8. The van der Waals surface area contributed by atoms with Gasteiger partial charge in [-0.3, -0.25) is 14.5 Å². The maximum Gasteiger partial charge on any atom is 0.237 e. The third kappa shape index (κ3) is 5.18. The van der Waals surface area contributed by atoms with Crippen LogP contribution < -0.4 is 16.4 Å². The first-order valence-corrected chi connectivity index (χ1v) is 8.85. The number of thiazole rings is 1. The second kappa shape index (κ2) is 8.26. The van der Waals surface area contributed by atoms with Crippen molar-refractivity contribution in [1.29, 1.82) is 0 Å². The molecule has 2 amide bonds. The molecule has 8 heteroatoms. The molecule has 0 aliphatic carbocycles. The summed E-state index contributed by atoms with van der Waals surface area (Å²) in [5, 5.41) is 8.22. The number of aryl methyl sites for hydroxylation is 1. The maximum atomic E-state index is 12.1. The van der Waals surface area contributed by atoms with E-state index in [9.17, 15) is 9.59 Å². The van der Waals surface area contributed by atoms with E-state index in [1.807, 2.05) is 19.2 Å². The lowest BCUT2D eigenvalue weighted by atomic mass is 10.1. The molecule has 1 fully saturated rings. The molecule has 2 heterocycles. The van der Waals surface area contributed by atoms with Crippen LogP contribution in [-0.4, -0.2) is 53.4 Å². The van der Waals surface area contributed by atoms with Crippen molar-refractivity contribution >= 4 is 28.3 Å². The largest absolute Gasteiger partial charge is 0.375 e. The number of piperazine rings is 1. The number of hydrogen-bond donors (Lipinski definition) is 3. The van der Waals surface area contributed by atoms with Gasteiger partial charge in [0.05, 0.1) is 18.2 Å². The Bertz CT molecular complexity index is 546. The number of rotatable bonds is 7. The van der Waals surface area contributed by atoms with Crippen LogP contribution in [0.3, 0.4) is 0 Å². The number of carbonyl (C=O) groups excluding carboxylic acids is 2. The fraction of sp³-hybridized carbons (Fsp3) is 0.667. The predicted molar refractivity (Wildman–Crippen MR) is 91.1 cm³/mol. The molecule has 0 saturated carbocycles. The standard InChI is InChI=1S/C15H25N5O2S/c1-10(2)20-7-6-18-14(22)12(20)8-13(21)17-5-3-4-11-9-23-15(16)19-11/h9-10,12H,3-8H2,1-2H3,(H2,16,19)(H,17,21)(H,18,22). The van der Waals surface area contributed by atoms with Crippen LogP contribution in [0.5, 0.6) is 0 Å². The summed E-state index contributed by atoms with van der Waals surface area (Å²) >= 11 is 1.42. The van der Waals surface area contributed by atoms with Crippen molar-refractivity contribution in [2.45, 2.75) is 45.2 Å². The molecule has 0 radical (unpaired) electrons. The minimum Gasteiger partial charge on any atom is -0.375 e. The van der Waals surface area contributed by atoms with Gasteiger partial charge in [0, 0.05) is 31.1 Å². The van der Waals surface area contributed by atoms with E-state index in [4.69, 9.17) is 5.73 Å². The van der Waals surface area contributed by atoms with Gasteiger partial charge in [-0.15, -0.1) is 11.3 Å². The average molecular weight is 339 g/mol. The molecule has 0 bridgehead atoms. The van der Waals surface area contributed by atoms with Crippen LogP contribution in [0.25, 0.3) is 0 Å². The zero-order valence-corrected chi connectivity index (χ0v) is 14.5. The first kappa shape index (κ1) is 17.7. The van der Waals surface area contributed by atoms with Crippen LogP contribution in [0.15, 0.2) is 5.38 Å². The molecule has 7 nitrogen and oxygen atoms in total. The number of anilines is 1.